The van der Waals surface area contributed by atoms with Crippen LogP contribution < -0.4 is 5.73 Å². The summed E-state index contributed by atoms with van der Waals surface area (Å²) in [4.78, 5) is 50.8. The zero-order chi connectivity index (χ0) is 25.4. The average Bonchev–Trinajstić information content (AvgIpc) is 3.46. The standard InChI is InChI=1S/C23H22N6O6S/c24-18-19(30)26-14-23(36-20(18)26,21(31)35-13-16-6-8-17(9-7-16)29(33)34)27-10-11-28(22(27)32)25-12-15-4-2-1-3-5-15/h1-9,12,18,20H,10-11,13-14,24H2/b25-12+/t18-,20-,23-/m1/s1. The lowest BCUT2D eigenvalue weighted by Gasteiger charge is -2.38. The molecule has 13 heteroatoms. The molecule has 3 amide bonds. The van der Waals surface area contributed by atoms with E-state index in [1.54, 1.807) is 6.21 Å². The van der Waals surface area contributed by atoms with Gasteiger partial charge in [0.2, 0.25) is 10.8 Å². The minimum absolute atomic E-state index is 0.0457. The van der Waals surface area contributed by atoms with E-state index in [0.717, 1.165) is 17.3 Å². The van der Waals surface area contributed by atoms with E-state index in [9.17, 15) is 24.5 Å². The SMILES string of the molecule is N[C@@H]1C(=O)N2C[C@@](C(=O)OCc3ccc([N+](=O)[O-])cc3)(N3CCN(/N=C/c4ccccc4)C3=O)S[C@H]12. The van der Waals surface area contributed by atoms with E-state index in [4.69, 9.17) is 10.5 Å². The van der Waals surface area contributed by atoms with E-state index >= 15 is 0 Å². The Labute approximate surface area is 209 Å². The molecule has 3 saturated heterocycles. The van der Waals surface area contributed by atoms with Crippen molar-refractivity contribution in [1.82, 2.24) is 14.8 Å². The highest BCUT2D eigenvalue weighted by molar-refractivity contribution is 8.02. The Morgan fingerprint density at radius 2 is 1.92 bits per heavy atom. The number of β-lactam (4-membered cyclic amide) rings is 1. The topological polar surface area (TPSA) is 152 Å². The molecule has 0 saturated carbocycles. The number of nitrogens with zero attached hydrogens (tertiary/aromatic N) is 5. The predicted octanol–water partition coefficient (Wildman–Crippen LogP) is 1.35. The molecule has 2 aromatic carbocycles. The molecule has 0 aliphatic carbocycles. The summed E-state index contributed by atoms with van der Waals surface area (Å²) in [5, 5.41) is 16.0. The normalized spacial score (nSPS) is 25.3. The zero-order valence-corrected chi connectivity index (χ0v) is 19.7. The van der Waals surface area contributed by atoms with Crippen LogP contribution in [0.15, 0.2) is 59.7 Å². The minimum Gasteiger partial charge on any atom is -0.458 e. The molecule has 0 spiro atoms. The molecular formula is C23H22N6O6S. The number of rotatable bonds is 7. The molecule has 3 atom stereocenters. The molecule has 0 bridgehead atoms. The van der Waals surface area contributed by atoms with Gasteiger partial charge in [0.25, 0.3) is 5.69 Å². The lowest BCUT2D eigenvalue weighted by atomic mass is 10.1. The van der Waals surface area contributed by atoms with Gasteiger partial charge in [0, 0.05) is 18.7 Å². The molecule has 12 nitrogen and oxygen atoms in total. The van der Waals surface area contributed by atoms with Crippen LogP contribution in [0.25, 0.3) is 0 Å². The van der Waals surface area contributed by atoms with Gasteiger partial charge >= 0.3 is 12.0 Å². The molecule has 0 aromatic heterocycles. The smallest absolute Gasteiger partial charge is 0.345 e. The first-order chi connectivity index (χ1) is 17.3. The summed E-state index contributed by atoms with van der Waals surface area (Å²) in [7, 11) is 0. The fourth-order valence-electron chi connectivity index (χ4n) is 4.31. The summed E-state index contributed by atoms with van der Waals surface area (Å²) < 4.78 is 5.58. The van der Waals surface area contributed by atoms with Crippen molar-refractivity contribution in [3.63, 3.8) is 0 Å². The molecule has 2 N–H and O–H groups in total. The number of hydrogen-bond donors (Lipinski definition) is 1. The molecular weight excluding hydrogens is 488 g/mol. The molecule has 36 heavy (non-hydrogen) atoms. The quantitative estimate of drug-likeness (QED) is 0.193. The van der Waals surface area contributed by atoms with Crippen LogP contribution in [-0.2, 0) is 20.9 Å². The van der Waals surface area contributed by atoms with Crippen LogP contribution in [0.5, 0.6) is 0 Å². The van der Waals surface area contributed by atoms with Gasteiger partial charge in [-0.15, -0.1) is 0 Å². The van der Waals surface area contributed by atoms with Gasteiger partial charge in [-0.2, -0.15) is 5.10 Å². The van der Waals surface area contributed by atoms with Gasteiger partial charge in [-0.1, -0.05) is 42.1 Å². The van der Waals surface area contributed by atoms with E-state index in [1.807, 2.05) is 30.3 Å². The first kappa shape index (κ1) is 23.8. The summed E-state index contributed by atoms with van der Waals surface area (Å²) in [6.07, 6.45) is 1.56. The number of hydrogen-bond acceptors (Lipinski definition) is 9. The van der Waals surface area contributed by atoms with Crippen LogP contribution in [-0.4, -0.2) is 79.8 Å². The van der Waals surface area contributed by atoms with Crippen LogP contribution in [0.1, 0.15) is 11.1 Å². The van der Waals surface area contributed by atoms with Crippen LogP contribution in [0.2, 0.25) is 0 Å². The van der Waals surface area contributed by atoms with Crippen molar-refractivity contribution in [3.8, 4) is 0 Å². The molecule has 3 aliphatic rings. The molecule has 3 heterocycles. The van der Waals surface area contributed by atoms with E-state index in [-0.39, 0.29) is 37.8 Å². The highest BCUT2D eigenvalue weighted by Crippen LogP contribution is 2.49. The number of thioether (sulfide) groups is 1. The highest BCUT2D eigenvalue weighted by atomic mass is 32.2. The fraction of sp³-hybridized carbons (Fsp3) is 0.304. The second-order valence-electron chi connectivity index (χ2n) is 8.50. The van der Waals surface area contributed by atoms with Crippen molar-refractivity contribution in [2.24, 2.45) is 10.8 Å². The summed E-state index contributed by atoms with van der Waals surface area (Å²) in [5.74, 6) is -0.981. The predicted molar refractivity (Wildman–Crippen MR) is 130 cm³/mol. The first-order valence-corrected chi connectivity index (χ1v) is 12.0. The number of nitro groups is 1. The third kappa shape index (κ3) is 4.05. The maximum absolute atomic E-state index is 13.5. The Bertz CT molecular complexity index is 1240. The Balaban J connectivity index is 1.35. The maximum Gasteiger partial charge on any atom is 0.345 e. The van der Waals surface area contributed by atoms with Gasteiger partial charge in [0.1, 0.15) is 18.0 Å². The second-order valence-corrected chi connectivity index (χ2v) is 9.89. The van der Waals surface area contributed by atoms with E-state index < -0.39 is 33.2 Å². The monoisotopic (exact) mass is 510 g/mol. The number of carbonyl (C=O) groups excluding carboxylic acids is 3. The van der Waals surface area contributed by atoms with Crippen LogP contribution in [0.4, 0.5) is 10.5 Å². The highest BCUT2D eigenvalue weighted by Gasteiger charge is 2.65. The molecule has 5 rings (SSSR count). The number of urea groups is 1. The number of nitrogens with two attached hydrogens (primary N) is 1. The van der Waals surface area contributed by atoms with Crippen molar-refractivity contribution in [2.45, 2.75) is 22.9 Å². The molecule has 3 fully saturated rings. The number of non-ortho nitro benzene ring substituents is 1. The summed E-state index contributed by atoms with van der Waals surface area (Å²) >= 11 is 1.13. The van der Waals surface area contributed by atoms with Gasteiger partial charge in [0.15, 0.2) is 0 Å². The van der Waals surface area contributed by atoms with Crippen molar-refractivity contribution in [2.75, 3.05) is 19.6 Å². The Hall–Kier alpha value is -3.97. The van der Waals surface area contributed by atoms with Gasteiger partial charge in [-0.05, 0) is 23.3 Å². The maximum atomic E-state index is 13.5. The lowest BCUT2D eigenvalue weighted by molar-refractivity contribution is -0.384. The fourth-order valence-corrected chi connectivity index (χ4v) is 5.95. The van der Waals surface area contributed by atoms with Crippen LogP contribution >= 0.6 is 11.8 Å². The average molecular weight is 511 g/mol. The van der Waals surface area contributed by atoms with Gasteiger partial charge in [-0.25, -0.2) is 14.6 Å². The second kappa shape index (κ2) is 9.24. The minimum atomic E-state index is -1.48. The molecule has 186 valence electrons. The van der Waals surface area contributed by atoms with Crippen molar-refractivity contribution < 1.29 is 24.0 Å². The Morgan fingerprint density at radius 3 is 2.58 bits per heavy atom. The number of ether oxygens (including phenoxy) is 1. The number of amides is 3. The number of hydrazone groups is 1. The summed E-state index contributed by atoms with van der Waals surface area (Å²) in [5.41, 5.74) is 7.23. The van der Waals surface area contributed by atoms with E-state index in [1.165, 1.54) is 39.1 Å². The third-order valence-corrected chi connectivity index (χ3v) is 7.98. The lowest BCUT2D eigenvalue weighted by Crippen LogP contribution is -2.65. The van der Waals surface area contributed by atoms with Crippen molar-refractivity contribution in [1.29, 1.82) is 0 Å². The Kier molecular flexibility index (Phi) is 6.10. The van der Waals surface area contributed by atoms with Gasteiger partial charge in [0.05, 0.1) is 24.2 Å². The molecule has 0 radical (unpaired) electrons. The Morgan fingerprint density at radius 1 is 1.19 bits per heavy atom. The molecule has 2 aromatic rings. The molecule has 3 aliphatic heterocycles. The summed E-state index contributed by atoms with van der Waals surface area (Å²) in [6.45, 7) is 0.261. The van der Waals surface area contributed by atoms with Gasteiger partial charge < -0.3 is 15.4 Å². The number of nitro benzene ring substituents is 1. The van der Waals surface area contributed by atoms with Crippen LogP contribution in [0.3, 0.4) is 0 Å². The van der Waals surface area contributed by atoms with Crippen LogP contribution in [0, 0.1) is 10.1 Å². The first-order valence-electron chi connectivity index (χ1n) is 11.1. The van der Waals surface area contributed by atoms with Gasteiger partial charge in [-0.3, -0.25) is 19.8 Å². The van der Waals surface area contributed by atoms with Crippen molar-refractivity contribution in [3.05, 3.63) is 75.8 Å². The number of esters is 1. The largest absolute Gasteiger partial charge is 0.458 e. The molecule has 0 unspecified atom stereocenters. The van der Waals surface area contributed by atoms with E-state index in [2.05, 4.69) is 5.10 Å². The number of carbonyl (C=O) groups is 3. The third-order valence-electron chi connectivity index (χ3n) is 6.29. The number of benzene rings is 2. The van der Waals surface area contributed by atoms with E-state index in [0.29, 0.717) is 5.56 Å². The zero-order valence-electron chi connectivity index (χ0n) is 18.9. The van der Waals surface area contributed by atoms with Crippen molar-refractivity contribution >= 4 is 41.6 Å². The summed E-state index contributed by atoms with van der Waals surface area (Å²) in [6, 6.07) is 13.7. The number of fused-ring (bicyclic) bond motifs is 1.